The molecule has 2 aromatic heterocycles. The van der Waals surface area contributed by atoms with E-state index in [2.05, 4.69) is 25.8 Å². The molecule has 0 radical (unpaired) electrons. The molecule has 0 atom stereocenters. The summed E-state index contributed by atoms with van der Waals surface area (Å²) in [5.74, 6) is -0.218. The van der Waals surface area contributed by atoms with E-state index in [1.165, 1.54) is 11.3 Å². The van der Waals surface area contributed by atoms with Crippen molar-refractivity contribution >= 4 is 33.7 Å². The van der Waals surface area contributed by atoms with Crippen LogP contribution in [-0.2, 0) is 6.54 Å². The largest absolute Gasteiger partial charge is 0.360 e. The van der Waals surface area contributed by atoms with E-state index in [1.807, 2.05) is 13.8 Å². The molecule has 0 aliphatic carbocycles. The Balaban J connectivity index is 1.90. The van der Waals surface area contributed by atoms with Crippen LogP contribution >= 0.6 is 22.7 Å². The molecule has 2 N–H and O–H groups in total. The number of aromatic nitrogens is 3. The van der Waals surface area contributed by atoms with Gasteiger partial charge >= 0.3 is 0 Å². The Morgan fingerprint density at radius 2 is 2.22 bits per heavy atom. The fraction of sp³-hybridized carbons (Fsp3) is 0.400. The lowest BCUT2D eigenvalue weighted by molar-refractivity contribution is 0.0950. The minimum Gasteiger partial charge on any atom is -0.360 e. The highest BCUT2D eigenvalue weighted by Crippen LogP contribution is 2.15. The second-order valence-electron chi connectivity index (χ2n) is 3.49. The molecule has 2 rings (SSSR count). The van der Waals surface area contributed by atoms with Crippen LogP contribution in [0.1, 0.15) is 26.6 Å². The number of thiazole rings is 1. The SMILES string of the molecule is CCNc1nnc(C(=O)NCc2ncc(C)s2)s1. The molecule has 1 amide bonds. The number of carbonyl (C=O) groups excluding carboxylic acids is 1. The number of aryl methyl sites for hydroxylation is 1. The molecule has 2 heterocycles. The quantitative estimate of drug-likeness (QED) is 0.872. The highest BCUT2D eigenvalue weighted by molar-refractivity contribution is 7.17. The van der Waals surface area contributed by atoms with Crippen LogP contribution in [0, 0.1) is 6.92 Å². The maximum atomic E-state index is 11.8. The van der Waals surface area contributed by atoms with Crippen molar-refractivity contribution in [2.24, 2.45) is 0 Å². The zero-order valence-electron chi connectivity index (χ0n) is 10.1. The van der Waals surface area contributed by atoms with Crippen LogP contribution in [0.25, 0.3) is 0 Å². The molecule has 0 unspecified atom stereocenters. The first kappa shape index (κ1) is 12.9. The smallest absolute Gasteiger partial charge is 0.282 e. The van der Waals surface area contributed by atoms with Gasteiger partial charge in [0.05, 0.1) is 6.54 Å². The van der Waals surface area contributed by atoms with Crippen LogP contribution in [0.5, 0.6) is 0 Å². The summed E-state index contributed by atoms with van der Waals surface area (Å²) in [6, 6.07) is 0. The third-order valence-electron chi connectivity index (χ3n) is 2.02. The Kier molecular flexibility index (Phi) is 4.21. The lowest BCUT2D eigenvalue weighted by Crippen LogP contribution is -2.22. The molecule has 18 heavy (non-hydrogen) atoms. The lowest BCUT2D eigenvalue weighted by atomic mass is 10.6. The second-order valence-corrected chi connectivity index (χ2v) is 5.79. The van der Waals surface area contributed by atoms with Gasteiger partial charge in [0.15, 0.2) is 0 Å². The third-order valence-corrected chi connectivity index (χ3v) is 3.81. The number of hydrogen-bond donors (Lipinski definition) is 2. The minimum absolute atomic E-state index is 0.218. The second kappa shape index (κ2) is 5.87. The molecule has 0 aliphatic heterocycles. The summed E-state index contributed by atoms with van der Waals surface area (Å²) in [4.78, 5) is 17.1. The average Bonchev–Trinajstić information content (AvgIpc) is 2.96. The topological polar surface area (TPSA) is 79.8 Å². The lowest BCUT2D eigenvalue weighted by Gasteiger charge is -1.98. The van der Waals surface area contributed by atoms with Gasteiger partial charge < -0.3 is 10.6 Å². The molecule has 0 aromatic carbocycles. The predicted octanol–water partition coefficient (Wildman–Crippen LogP) is 1.66. The maximum absolute atomic E-state index is 11.8. The van der Waals surface area contributed by atoms with E-state index in [1.54, 1.807) is 17.5 Å². The fourth-order valence-corrected chi connectivity index (χ4v) is 2.71. The number of nitrogens with zero attached hydrogens (tertiary/aromatic N) is 3. The molecule has 6 nitrogen and oxygen atoms in total. The maximum Gasteiger partial charge on any atom is 0.282 e. The Morgan fingerprint density at radius 1 is 1.39 bits per heavy atom. The van der Waals surface area contributed by atoms with E-state index >= 15 is 0 Å². The van der Waals surface area contributed by atoms with Gasteiger partial charge in [-0.3, -0.25) is 4.79 Å². The normalized spacial score (nSPS) is 10.3. The van der Waals surface area contributed by atoms with E-state index in [0.29, 0.717) is 16.7 Å². The molecule has 0 saturated carbocycles. The Bertz CT molecular complexity index is 536. The number of carbonyl (C=O) groups is 1. The van der Waals surface area contributed by atoms with E-state index in [0.717, 1.165) is 16.4 Å². The molecular weight excluding hydrogens is 270 g/mol. The highest BCUT2D eigenvalue weighted by atomic mass is 32.1. The van der Waals surface area contributed by atoms with Gasteiger partial charge in [0.1, 0.15) is 5.01 Å². The summed E-state index contributed by atoms with van der Waals surface area (Å²) >= 11 is 2.81. The molecule has 0 spiro atoms. The van der Waals surface area contributed by atoms with Gasteiger partial charge in [-0.2, -0.15) is 0 Å². The standard InChI is InChI=1S/C10H13N5OS2/c1-3-11-10-15-14-9(18-10)8(16)13-5-7-12-4-6(2)17-7/h4H,3,5H2,1-2H3,(H,11,15)(H,13,16). The van der Waals surface area contributed by atoms with Gasteiger partial charge in [0.25, 0.3) is 5.91 Å². The summed E-state index contributed by atoms with van der Waals surface area (Å²) in [6.45, 7) is 5.13. The zero-order chi connectivity index (χ0) is 13.0. The van der Waals surface area contributed by atoms with E-state index in [-0.39, 0.29) is 5.91 Å². The van der Waals surface area contributed by atoms with Gasteiger partial charge in [-0.1, -0.05) is 11.3 Å². The monoisotopic (exact) mass is 283 g/mol. The van der Waals surface area contributed by atoms with Crippen molar-refractivity contribution in [1.29, 1.82) is 0 Å². The molecule has 0 saturated heterocycles. The van der Waals surface area contributed by atoms with Gasteiger partial charge in [-0.25, -0.2) is 4.98 Å². The summed E-state index contributed by atoms with van der Waals surface area (Å²) < 4.78 is 0. The number of hydrogen-bond acceptors (Lipinski definition) is 7. The number of anilines is 1. The molecule has 0 fully saturated rings. The van der Waals surface area contributed by atoms with Crippen molar-refractivity contribution < 1.29 is 4.79 Å². The van der Waals surface area contributed by atoms with Gasteiger partial charge in [-0.15, -0.1) is 21.5 Å². The molecule has 0 aliphatic rings. The summed E-state index contributed by atoms with van der Waals surface area (Å²) in [7, 11) is 0. The summed E-state index contributed by atoms with van der Waals surface area (Å²) in [6.07, 6.45) is 1.79. The van der Waals surface area contributed by atoms with Crippen molar-refractivity contribution in [2.75, 3.05) is 11.9 Å². The van der Waals surface area contributed by atoms with E-state index in [4.69, 9.17) is 0 Å². The van der Waals surface area contributed by atoms with Gasteiger partial charge in [0, 0.05) is 17.6 Å². The predicted molar refractivity (Wildman–Crippen MR) is 72.1 cm³/mol. The first-order valence-electron chi connectivity index (χ1n) is 5.46. The number of rotatable bonds is 5. The van der Waals surface area contributed by atoms with Crippen molar-refractivity contribution in [3.05, 3.63) is 21.1 Å². The average molecular weight is 283 g/mol. The Labute approximate surface area is 112 Å². The fourth-order valence-electron chi connectivity index (χ4n) is 1.25. The molecular formula is C10H13N5OS2. The van der Waals surface area contributed by atoms with Crippen LogP contribution in [0.3, 0.4) is 0 Å². The molecule has 8 heteroatoms. The Hall–Kier alpha value is -1.54. The summed E-state index contributed by atoms with van der Waals surface area (Å²) in [5.41, 5.74) is 0. The van der Waals surface area contributed by atoms with Crippen molar-refractivity contribution in [1.82, 2.24) is 20.5 Å². The number of nitrogens with one attached hydrogen (secondary N) is 2. The van der Waals surface area contributed by atoms with E-state index in [9.17, 15) is 4.79 Å². The first-order valence-corrected chi connectivity index (χ1v) is 7.09. The van der Waals surface area contributed by atoms with Crippen molar-refractivity contribution in [2.45, 2.75) is 20.4 Å². The minimum atomic E-state index is -0.218. The van der Waals surface area contributed by atoms with Crippen molar-refractivity contribution in [3.63, 3.8) is 0 Å². The molecule has 0 bridgehead atoms. The molecule has 2 aromatic rings. The number of amides is 1. The highest BCUT2D eigenvalue weighted by Gasteiger charge is 2.12. The summed E-state index contributed by atoms with van der Waals surface area (Å²) in [5, 5.41) is 15.4. The van der Waals surface area contributed by atoms with Crippen molar-refractivity contribution in [3.8, 4) is 0 Å². The van der Waals surface area contributed by atoms with Crippen LogP contribution in [-0.4, -0.2) is 27.6 Å². The molecule has 96 valence electrons. The zero-order valence-corrected chi connectivity index (χ0v) is 11.7. The van der Waals surface area contributed by atoms with Gasteiger partial charge in [0.2, 0.25) is 10.1 Å². The van der Waals surface area contributed by atoms with E-state index < -0.39 is 0 Å². The van der Waals surface area contributed by atoms with Crippen LogP contribution in [0.4, 0.5) is 5.13 Å². The first-order chi connectivity index (χ1) is 8.69. The van der Waals surface area contributed by atoms with Crippen LogP contribution in [0.2, 0.25) is 0 Å². The van der Waals surface area contributed by atoms with Gasteiger partial charge in [-0.05, 0) is 13.8 Å². The Morgan fingerprint density at radius 3 is 2.89 bits per heavy atom. The third kappa shape index (κ3) is 3.23. The van der Waals surface area contributed by atoms with Crippen LogP contribution in [0.15, 0.2) is 6.20 Å². The van der Waals surface area contributed by atoms with Crippen LogP contribution < -0.4 is 10.6 Å².